The highest BCUT2D eigenvalue weighted by Gasteiger charge is 2.47. The molecule has 0 heterocycles. The molecular weight excluding hydrogens is 230 g/mol. The smallest absolute Gasteiger partial charge is 0.00672 e. The fraction of sp³-hybridized carbons (Fsp3) is 1.00. The first-order valence-corrected chi connectivity index (χ1v) is 9.05. The van der Waals surface area contributed by atoms with Crippen LogP contribution in [0.5, 0.6) is 0 Å². The summed E-state index contributed by atoms with van der Waals surface area (Å²) >= 11 is 0. The molecule has 0 aromatic carbocycles. The molecule has 1 unspecified atom stereocenters. The molecular formula is C18H31N. The lowest BCUT2D eigenvalue weighted by Gasteiger charge is -2.54. The minimum Gasteiger partial charge on any atom is -0.327 e. The van der Waals surface area contributed by atoms with E-state index in [2.05, 4.69) is 0 Å². The average Bonchev–Trinajstić information content (AvgIpc) is 2.90. The van der Waals surface area contributed by atoms with E-state index in [1.807, 2.05) is 0 Å². The number of nitrogens with two attached hydrogens (primary N) is 1. The molecule has 1 atom stereocenters. The highest BCUT2D eigenvalue weighted by molar-refractivity contribution is 4.98. The lowest BCUT2D eigenvalue weighted by Crippen LogP contribution is -2.45. The van der Waals surface area contributed by atoms with Crippen molar-refractivity contribution in [1.82, 2.24) is 0 Å². The predicted molar refractivity (Wildman–Crippen MR) is 79.7 cm³/mol. The molecule has 0 aromatic heterocycles. The van der Waals surface area contributed by atoms with Crippen molar-refractivity contribution in [2.24, 2.45) is 41.2 Å². The summed E-state index contributed by atoms with van der Waals surface area (Å²) in [6, 6.07) is 0.527. The monoisotopic (exact) mass is 261 g/mol. The maximum atomic E-state index is 6.48. The van der Waals surface area contributed by atoms with E-state index in [-0.39, 0.29) is 0 Å². The molecule has 5 fully saturated rings. The topological polar surface area (TPSA) is 26.0 Å². The maximum Gasteiger partial charge on any atom is 0.00672 e. The van der Waals surface area contributed by atoms with Gasteiger partial charge in [0.2, 0.25) is 0 Å². The fourth-order valence-corrected chi connectivity index (χ4v) is 6.52. The second-order valence-corrected chi connectivity index (χ2v) is 8.38. The van der Waals surface area contributed by atoms with Crippen molar-refractivity contribution < 1.29 is 0 Å². The molecule has 0 radical (unpaired) electrons. The Morgan fingerprint density at radius 3 is 2.00 bits per heavy atom. The first-order valence-electron chi connectivity index (χ1n) is 9.05. The average molecular weight is 261 g/mol. The van der Waals surface area contributed by atoms with Crippen molar-refractivity contribution >= 4 is 0 Å². The van der Waals surface area contributed by atoms with Crippen LogP contribution in [0.1, 0.15) is 70.6 Å². The van der Waals surface area contributed by atoms with Crippen molar-refractivity contribution in [3.63, 3.8) is 0 Å². The van der Waals surface area contributed by atoms with E-state index in [0.717, 1.165) is 35.5 Å². The minimum atomic E-state index is 0.527. The quantitative estimate of drug-likeness (QED) is 0.799. The van der Waals surface area contributed by atoms with Gasteiger partial charge in [0.15, 0.2) is 0 Å². The first kappa shape index (κ1) is 12.7. The maximum absolute atomic E-state index is 6.48. The van der Waals surface area contributed by atoms with E-state index in [4.69, 9.17) is 5.73 Å². The van der Waals surface area contributed by atoms with Gasteiger partial charge in [-0.25, -0.2) is 0 Å². The lowest BCUT2D eigenvalue weighted by atomic mass is 9.51. The van der Waals surface area contributed by atoms with Gasteiger partial charge in [-0.1, -0.05) is 12.8 Å². The Morgan fingerprint density at radius 1 is 0.842 bits per heavy atom. The highest BCUT2D eigenvalue weighted by atomic mass is 14.7. The van der Waals surface area contributed by atoms with Gasteiger partial charge in [-0.15, -0.1) is 0 Å². The van der Waals surface area contributed by atoms with Crippen molar-refractivity contribution in [2.45, 2.75) is 76.7 Å². The molecule has 0 spiro atoms. The van der Waals surface area contributed by atoms with Crippen LogP contribution in [-0.4, -0.2) is 6.04 Å². The summed E-state index contributed by atoms with van der Waals surface area (Å²) in [5, 5.41) is 0. The van der Waals surface area contributed by atoms with E-state index in [9.17, 15) is 0 Å². The fourth-order valence-electron chi connectivity index (χ4n) is 6.52. The Bertz CT molecular complexity index is 290. The second kappa shape index (κ2) is 5.06. The Balaban J connectivity index is 1.33. The van der Waals surface area contributed by atoms with Crippen LogP contribution in [0.15, 0.2) is 0 Å². The van der Waals surface area contributed by atoms with Crippen LogP contribution in [0.2, 0.25) is 0 Å². The molecule has 1 heteroatoms. The molecule has 2 N–H and O–H groups in total. The molecule has 0 saturated heterocycles. The zero-order chi connectivity index (χ0) is 12.8. The molecule has 5 aliphatic carbocycles. The number of rotatable bonds is 4. The molecule has 19 heavy (non-hydrogen) atoms. The first-order chi connectivity index (χ1) is 9.29. The third-order valence-electron chi connectivity index (χ3n) is 7.26. The second-order valence-electron chi connectivity index (χ2n) is 8.38. The summed E-state index contributed by atoms with van der Waals surface area (Å²) in [5.41, 5.74) is 6.48. The van der Waals surface area contributed by atoms with Gasteiger partial charge in [0.25, 0.3) is 0 Å². The molecule has 0 amide bonds. The summed E-state index contributed by atoms with van der Waals surface area (Å²) in [7, 11) is 0. The van der Waals surface area contributed by atoms with Crippen molar-refractivity contribution in [1.29, 1.82) is 0 Å². The number of hydrogen-bond donors (Lipinski definition) is 1. The van der Waals surface area contributed by atoms with Gasteiger partial charge in [0.05, 0.1) is 0 Å². The van der Waals surface area contributed by atoms with Crippen LogP contribution in [0.3, 0.4) is 0 Å². The molecule has 1 nitrogen and oxygen atoms in total. The van der Waals surface area contributed by atoms with Gasteiger partial charge in [0.1, 0.15) is 0 Å². The molecule has 108 valence electrons. The Morgan fingerprint density at radius 2 is 1.42 bits per heavy atom. The number of hydrogen-bond acceptors (Lipinski definition) is 1. The van der Waals surface area contributed by atoms with Gasteiger partial charge >= 0.3 is 0 Å². The van der Waals surface area contributed by atoms with E-state index >= 15 is 0 Å². The molecule has 5 saturated carbocycles. The standard InChI is InChI=1S/C18H31N/c19-18(14-3-1-2-4-14)6-5-17-15-8-12-7-13(10-15)11-16(17)9-12/h12-18H,1-11,19H2. The van der Waals surface area contributed by atoms with E-state index in [1.165, 1.54) is 38.5 Å². The van der Waals surface area contributed by atoms with Crippen molar-refractivity contribution in [2.75, 3.05) is 0 Å². The predicted octanol–water partition coefficient (Wildman–Crippen LogP) is 4.36. The Kier molecular flexibility index (Phi) is 3.38. The van der Waals surface area contributed by atoms with Crippen LogP contribution in [0.4, 0.5) is 0 Å². The van der Waals surface area contributed by atoms with E-state index < -0.39 is 0 Å². The van der Waals surface area contributed by atoms with Gasteiger partial charge < -0.3 is 5.73 Å². The highest BCUT2D eigenvalue weighted by Crippen LogP contribution is 2.57. The molecule has 4 bridgehead atoms. The van der Waals surface area contributed by atoms with Gasteiger partial charge in [-0.2, -0.15) is 0 Å². The third-order valence-corrected chi connectivity index (χ3v) is 7.26. The summed E-state index contributed by atoms with van der Waals surface area (Å²) < 4.78 is 0. The largest absolute Gasteiger partial charge is 0.327 e. The third kappa shape index (κ3) is 2.37. The zero-order valence-electron chi connectivity index (χ0n) is 12.4. The van der Waals surface area contributed by atoms with Crippen LogP contribution in [0, 0.1) is 35.5 Å². The van der Waals surface area contributed by atoms with Crippen LogP contribution >= 0.6 is 0 Å². The summed E-state index contributed by atoms with van der Waals surface area (Å²) in [6.07, 6.45) is 16.4. The summed E-state index contributed by atoms with van der Waals surface area (Å²) in [6.45, 7) is 0. The minimum absolute atomic E-state index is 0.527. The molecule has 0 aromatic rings. The van der Waals surface area contributed by atoms with Crippen molar-refractivity contribution in [3.05, 3.63) is 0 Å². The van der Waals surface area contributed by atoms with Crippen molar-refractivity contribution in [3.8, 4) is 0 Å². The SMILES string of the molecule is NC(CCC1C2CC3CC(C2)CC1C3)C1CCCC1. The van der Waals surface area contributed by atoms with Gasteiger partial charge in [-0.3, -0.25) is 0 Å². The van der Waals surface area contributed by atoms with E-state index in [0.29, 0.717) is 6.04 Å². The molecule has 0 aliphatic heterocycles. The van der Waals surface area contributed by atoms with Gasteiger partial charge in [-0.05, 0) is 93.3 Å². The summed E-state index contributed by atoms with van der Waals surface area (Å²) in [4.78, 5) is 0. The van der Waals surface area contributed by atoms with Crippen LogP contribution in [0.25, 0.3) is 0 Å². The normalized spacial score (nSPS) is 46.9. The Labute approximate surface area is 118 Å². The molecule has 5 rings (SSSR count). The Hall–Kier alpha value is -0.0400. The van der Waals surface area contributed by atoms with Gasteiger partial charge in [0, 0.05) is 6.04 Å². The zero-order valence-corrected chi connectivity index (χ0v) is 12.4. The van der Waals surface area contributed by atoms with Crippen LogP contribution in [-0.2, 0) is 0 Å². The lowest BCUT2D eigenvalue weighted by molar-refractivity contribution is -0.0412. The van der Waals surface area contributed by atoms with E-state index in [1.54, 1.807) is 32.1 Å². The summed E-state index contributed by atoms with van der Waals surface area (Å²) in [5.74, 6) is 6.40. The molecule has 5 aliphatic rings. The van der Waals surface area contributed by atoms with Crippen LogP contribution < -0.4 is 5.73 Å².